The highest BCUT2D eigenvalue weighted by Crippen LogP contribution is 2.36. The molecule has 28 heavy (non-hydrogen) atoms. The van der Waals surface area contributed by atoms with E-state index in [1.54, 1.807) is 0 Å². The predicted molar refractivity (Wildman–Crippen MR) is 83.0 cm³/mol. The van der Waals surface area contributed by atoms with Gasteiger partial charge in [-0.2, -0.15) is 0 Å². The monoisotopic (exact) mass is 432 g/mol. The maximum atomic E-state index is 14.0. The van der Waals surface area contributed by atoms with Crippen molar-refractivity contribution < 1.29 is 43.5 Å². The molecule has 0 aromatic heterocycles. The van der Waals surface area contributed by atoms with Crippen LogP contribution in [0.4, 0.5) is 35.1 Å². The maximum absolute atomic E-state index is 14.0. The summed E-state index contributed by atoms with van der Waals surface area (Å²) in [5.41, 5.74) is -0.741. The zero-order valence-corrected chi connectivity index (χ0v) is 14.7. The topological polar surface area (TPSA) is 34.1 Å². The molecule has 2 rings (SSSR count). The lowest BCUT2D eigenvalue weighted by atomic mass is 10.0. The highest BCUT2D eigenvalue weighted by atomic mass is 32.2. The largest absolute Gasteiger partial charge is 0.268 e. The third kappa shape index (κ3) is 5.66. The van der Waals surface area contributed by atoms with Crippen LogP contribution in [0.5, 0.6) is 0 Å². The van der Waals surface area contributed by atoms with Crippen LogP contribution < -0.4 is 0 Å². The average molecular weight is 432 g/mol. The summed E-state index contributed by atoms with van der Waals surface area (Å²) in [4.78, 5) is -1.26. The minimum absolute atomic E-state index is 0.150. The second-order valence-corrected chi connectivity index (χ2v) is 8.09. The Hall–Kier alpha value is -2.17. The summed E-state index contributed by atoms with van der Waals surface area (Å²) in [7, 11) is -5.07. The van der Waals surface area contributed by atoms with Gasteiger partial charge in [0.25, 0.3) is 11.8 Å². The summed E-state index contributed by atoms with van der Waals surface area (Å²) in [6.07, 6.45) is -3.81. The molecule has 2 aromatic rings. The first-order chi connectivity index (χ1) is 12.7. The van der Waals surface area contributed by atoms with E-state index in [9.17, 15) is 43.5 Å². The van der Waals surface area contributed by atoms with Crippen LogP contribution in [0, 0.1) is 23.3 Å². The van der Waals surface area contributed by atoms with Crippen LogP contribution in [0.15, 0.2) is 41.3 Å². The Labute approximate surface area is 154 Å². The van der Waals surface area contributed by atoms with Gasteiger partial charge in [-0.15, -0.1) is 0 Å². The van der Waals surface area contributed by atoms with Crippen molar-refractivity contribution in [2.75, 3.05) is 5.75 Å². The molecule has 0 aliphatic rings. The number of sulfone groups is 1. The summed E-state index contributed by atoms with van der Waals surface area (Å²) < 4.78 is 132. The zero-order chi connectivity index (χ0) is 21.3. The smallest absolute Gasteiger partial charge is 0.223 e. The molecule has 0 aliphatic carbocycles. The van der Waals surface area contributed by atoms with E-state index in [1.165, 1.54) is 0 Å². The number of hydrogen-bond donors (Lipinski definition) is 0. The van der Waals surface area contributed by atoms with Crippen molar-refractivity contribution in [3.63, 3.8) is 0 Å². The molecule has 154 valence electrons. The Bertz CT molecular complexity index is 973. The first-order valence-corrected chi connectivity index (χ1v) is 9.23. The normalized spacial score (nSPS) is 13.0. The van der Waals surface area contributed by atoms with Crippen molar-refractivity contribution in [1.82, 2.24) is 0 Å². The zero-order valence-electron chi connectivity index (χ0n) is 13.8. The Balaban J connectivity index is 2.19. The van der Waals surface area contributed by atoms with E-state index in [1.807, 2.05) is 0 Å². The van der Waals surface area contributed by atoms with Crippen LogP contribution in [0.25, 0.3) is 0 Å². The summed E-state index contributed by atoms with van der Waals surface area (Å²) in [6, 6.07) is 2.68. The van der Waals surface area contributed by atoms with Crippen LogP contribution in [-0.4, -0.2) is 26.0 Å². The second kappa shape index (κ2) is 7.69. The van der Waals surface area contributed by atoms with Gasteiger partial charge in [0.15, 0.2) is 9.84 Å². The van der Waals surface area contributed by atoms with Gasteiger partial charge in [-0.25, -0.2) is 43.5 Å². The molecule has 0 unspecified atom stereocenters. The van der Waals surface area contributed by atoms with Crippen molar-refractivity contribution in [3.8, 4) is 0 Å². The van der Waals surface area contributed by atoms with Crippen LogP contribution >= 0.6 is 0 Å². The lowest BCUT2D eigenvalue weighted by Gasteiger charge is -2.23. The minimum Gasteiger partial charge on any atom is -0.223 e. The molecule has 0 radical (unpaired) electrons. The fraction of sp³-hybridized carbons (Fsp3) is 0.294. The summed E-state index contributed by atoms with van der Waals surface area (Å²) in [5, 5.41) is 0. The van der Waals surface area contributed by atoms with Crippen molar-refractivity contribution in [2.45, 2.75) is 29.6 Å². The Morgan fingerprint density at radius 2 is 1.29 bits per heavy atom. The van der Waals surface area contributed by atoms with Crippen LogP contribution in [0.3, 0.4) is 0 Å². The lowest BCUT2D eigenvalue weighted by molar-refractivity contribution is -0.0981. The minimum atomic E-state index is -5.07. The fourth-order valence-electron chi connectivity index (χ4n) is 2.52. The SMILES string of the molecule is O=S(=O)(CC(F)(F)CC(F)(F)Cc1ccc(F)cc1F)c1ccc(F)cc1F. The van der Waals surface area contributed by atoms with E-state index >= 15 is 0 Å². The number of hydrogen-bond acceptors (Lipinski definition) is 2. The van der Waals surface area contributed by atoms with Crippen LogP contribution in [-0.2, 0) is 16.3 Å². The first kappa shape index (κ1) is 22.1. The van der Waals surface area contributed by atoms with Crippen LogP contribution in [0.1, 0.15) is 12.0 Å². The second-order valence-electron chi connectivity index (χ2n) is 6.14. The van der Waals surface area contributed by atoms with Crippen molar-refractivity contribution in [3.05, 3.63) is 65.2 Å². The standard InChI is InChI=1S/C17H12F8O2S/c18-11-2-1-10(13(20)5-11)7-16(22,23)8-17(24,25)9-28(26,27)15-4-3-12(19)6-14(15)21/h1-6H,7-9H2. The molecule has 0 aliphatic heterocycles. The molecule has 0 saturated carbocycles. The van der Waals surface area contributed by atoms with Gasteiger partial charge in [-0.1, -0.05) is 6.07 Å². The molecule has 0 fully saturated rings. The van der Waals surface area contributed by atoms with E-state index < -0.39 is 74.0 Å². The summed E-state index contributed by atoms with van der Waals surface area (Å²) >= 11 is 0. The van der Waals surface area contributed by atoms with Gasteiger partial charge in [-0.05, 0) is 23.8 Å². The van der Waals surface area contributed by atoms with E-state index in [-0.39, 0.29) is 6.07 Å². The summed E-state index contributed by atoms with van der Waals surface area (Å²) in [5.74, 6) is -16.2. The van der Waals surface area contributed by atoms with Crippen molar-refractivity contribution in [2.24, 2.45) is 0 Å². The molecule has 0 saturated heterocycles. The number of halogens is 8. The molecule has 2 nitrogen and oxygen atoms in total. The lowest BCUT2D eigenvalue weighted by Crippen LogP contribution is -2.36. The molecule has 0 N–H and O–H groups in total. The van der Waals surface area contributed by atoms with Crippen molar-refractivity contribution in [1.29, 1.82) is 0 Å². The maximum Gasteiger partial charge on any atom is 0.268 e. The molecular weight excluding hydrogens is 420 g/mol. The van der Waals surface area contributed by atoms with Gasteiger partial charge in [0.2, 0.25) is 0 Å². The van der Waals surface area contributed by atoms with Gasteiger partial charge in [0, 0.05) is 18.6 Å². The average Bonchev–Trinajstić information content (AvgIpc) is 2.47. The molecule has 0 spiro atoms. The van der Waals surface area contributed by atoms with E-state index in [2.05, 4.69) is 0 Å². The number of alkyl halides is 4. The van der Waals surface area contributed by atoms with Gasteiger partial charge in [0.1, 0.15) is 33.9 Å². The van der Waals surface area contributed by atoms with E-state index in [0.29, 0.717) is 30.3 Å². The molecule has 2 aromatic carbocycles. The highest BCUT2D eigenvalue weighted by molar-refractivity contribution is 7.91. The van der Waals surface area contributed by atoms with Gasteiger partial charge < -0.3 is 0 Å². The molecule has 0 bridgehead atoms. The molecular formula is C17H12F8O2S. The molecule has 11 heteroatoms. The predicted octanol–water partition coefficient (Wildman–Crippen LogP) is 4.92. The molecule has 0 heterocycles. The molecule has 0 atom stereocenters. The Morgan fingerprint density at radius 3 is 1.82 bits per heavy atom. The third-order valence-corrected chi connectivity index (χ3v) is 5.42. The van der Waals surface area contributed by atoms with E-state index in [0.717, 1.165) is 0 Å². The molecule has 0 amide bonds. The summed E-state index contributed by atoms with van der Waals surface area (Å²) in [6.45, 7) is 0. The van der Waals surface area contributed by atoms with E-state index in [4.69, 9.17) is 0 Å². The van der Waals surface area contributed by atoms with Gasteiger partial charge in [-0.3, -0.25) is 0 Å². The number of rotatable bonds is 7. The van der Waals surface area contributed by atoms with Gasteiger partial charge in [0.05, 0.1) is 6.42 Å². The van der Waals surface area contributed by atoms with Crippen LogP contribution in [0.2, 0.25) is 0 Å². The Kier molecular flexibility index (Phi) is 6.07. The highest BCUT2D eigenvalue weighted by Gasteiger charge is 2.47. The first-order valence-electron chi connectivity index (χ1n) is 7.58. The van der Waals surface area contributed by atoms with Gasteiger partial charge >= 0.3 is 0 Å². The van der Waals surface area contributed by atoms with Crippen molar-refractivity contribution >= 4 is 9.84 Å². The third-order valence-electron chi connectivity index (χ3n) is 3.61. The quantitative estimate of drug-likeness (QED) is 0.460. The number of benzene rings is 2. The fourth-order valence-corrected chi connectivity index (χ4v) is 3.96. The Morgan fingerprint density at radius 1 is 0.750 bits per heavy atom.